The fraction of sp³-hybridized carbons (Fsp3) is 0.0714. The lowest BCUT2D eigenvalue weighted by molar-refractivity contribution is 0.0594. The monoisotopic (exact) mass is 448 g/mol. The van der Waals surface area contributed by atoms with Gasteiger partial charge in [-0.1, -0.05) is 42.5 Å². The Kier molecular flexibility index (Phi) is 4.42. The molecule has 4 aromatic carbocycles. The highest BCUT2D eigenvalue weighted by Crippen LogP contribution is 2.43. The molecule has 0 saturated carbocycles. The van der Waals surface area contributed by atoms with Crippen molar-refractivity contribution in [1.29, 1.82) is 0 Å². The van der Waals surface area contributed by atoms with Gasteiger partial charge in [0.05, 0.1) is 30.9 Å². The molecule has 0 bridgehead atoms. The number of H-pyrrole nitrogens is 2. The predicted octanol–water partition coefficient (Wildman–Crippen LogP) is 6.20. The molecule has 0 aliphatic carbocycles. The van der Waals surface area contributed by atoms with Crippen LogP contribution in [0, 0.1) is 0 Å². The number of aromatic amines is 2. The summed E-state index contributed by atoms with van der Waals surface area (Å²) in [6, 6.07) is 23.2. The van der Waals surface area contributed by atoms with Crippen molar-refractivity contribution in [2.75, 3.05) is 14.2 Å². The highest BCUT2D eigenvalue weighted by atomic mass is 16.5. The first-order valence-corrected chi connectivity index (χ1v) is 10.9. The Hall–Kier alpha value is -4.58. The summed E-state index contributed by atoms with van der Waals surface area (Å²) in [6.45, 7) is 0. The number of hydrogen-bond donors (Lipinski definition) is 2. The Morgan fingerprint density at radius 2 is 1.21 bits per heavy atom. The van der Waals surface area contributed by atoms with Crippen LogP contribution in [0.1, 0.15) is 20.7 Å². The molecule has 2 heterocycles. The minimum absolute atomic E-state index is 0.403. The summed E-state index contributed by atoms with van der Waals surface area (Å²) in [5.41, 5.74) is 6.30. The zero-order valence-electron chi connectivity index (χ0n) is 18.6. The maximum absolute atomic E-state index is 12.7. The minimum Gasteiger partial charge on any atom is -0.465 e. The molecule has 0 fully saturated rings. The first-order chi connectivity index (χ1) is 16.6. The number of hydrogen-bond acceptors (Lipinski definition) is 4. The highest BCUT2D eigenvalue weighted by molar-refractivity contribution is 6.32. The molecule has 6 nitrogen and oxygen atoms in total. The Labute approximate surface area is 194 Å². The minimum atomic E-state index is -0.404. The second-order valence-corrected chi connectivity index (χ2v) is 8.15. The lowest BCUT2D eigenvalue weighted by Crippen LogP contribution is -2.01. The Morgan fingerprint density at radius 3 is 1.82 bits per heavy atom. The number of nitrogens with one attached hydrogen (secondary N) is 2. The molecule has 0 spiro atoms. The van der Waals surface area contributed by atoms with Gasteiger partial charge < -0.3 is 19.4 Å². The van der Waals surface area contributed by atoms with Crippen molar-refractivity contribution in [1.82, 2.24) is 9.97 Å². The molecule has 2 N–H and O–H groups in total. The Balaban J connectivity index is 1.89. The van der Waals surface area contributed by atoms with Gasteiger partial charge >= 0.3 is 11.9 Å². The van der Waals surface area contributed by atoms with E-state index in [0.717, 1.165) is 54.7 Å². The van der Waals surface area contributed by atoms with E-state index in [-0.39, 0.29) is 0 Å². The van der Waals surface area contributed by atoms with Crippen LogP contribution in [0.3, 0.4) is 0 Å². The van der Waals surface area contributed by atoms with Gasteiger partial charge in [-0.15, -0.1) is 0 Å². The van der Waals surface area contributed by atoms with Gasteiger partial charge in [0.25, 0.3) is 0 Å². The van der Waals surface area contributed by atoms with Crippen LogP contribution in [0.4, 0.5) is 0 Å². The number of esters is 2. The summed E-state index contributed by atoms with van der Waals surface area (Å²) >= 11 is 0. The summed E-state index contributed by atoms with van der Waals surface area (Å²) in [7, 11) is 2.76. The first kappa shape index (κ1) is 20.1. The third-order valence-corrected chi connectivity index (χ3v) is 6.38. The molecular formula is C28H20N2O4. The average molecular weight is 448 g/mol. The number of benzene rings is 4. The number of methoxy groups -OCH3 is 2. The Morgan fingerprint density at radius 1 is 0.618 bits per heavy atom. The fourth-order valence-electron chi connectivity index (χ4n) is 4.96. The summed E-state index contributed by atoms with van der Waals surface area (Å²) in [5.74, 6) is -0.807. The van der Waals surface area contributed by atoms with Gasteiger partial charge in [0.1, 0.15) is 0 Å². The number of aromatic nitrogens is 2. The van der Waals surface area contributed by atoms with Crippen molar-refractivity contribution < 1.29 is 19.1 Å². The van der Waals surface area contributed by atoms with E-state index in [1.807, 2.05) is 54.6 Å². The molecule has 166 valence electrons. The van der Waals surface area contributed by atoms with E-state index in [1.165, 1.54) is 14.2 Å². The van der Waals surface area contributed by atoms with Crippen molar-refractivity contribution in [3.8, 4) is 11.1 Å². The molecule has 6 aromatic rings. The van der Waals surface area contributed by atoms with Crippen LogP contribution < -0.4 is 0 Å². The average Bonchev–Trinajstić information content (AvgIpc) is 3.45. The molecule has 0 aliphatic rings. The van der Waals surface area contributed by atoms with E-state index in [9.17, 15) is 9.59 Å². The smallest absolute Gasteiger partial charge is 0.338 e. The summed E-state index contributed by atoms with van der Waals surface area (Å²) < 4.78 is 10.2. The zero-order chi connectivity index (χ0) is 23.4. The van der Waals surface area contributed by atoms with Gasteiger partial charge in [0.15, 0.2) is 0 Å². The zero-order valence-corrected chi connectivity index (χ0v) is 18.6. The van der Waals surface area contributed by atoms with E-state index in [2.05, 4.69) is 16.0 Å². The number of ether oxygens (including phenoxy) is 2. The number of carbonyl (C=O) groups excluding carboxylic acids is 2. The van der Waals surface area contributed by atoms with Crippen molar-refractivity contribution in [2.45, 2.75) is 0 Å². The van der Waals surface area contributed by atoms with Gasteiger partial charge in [-0.05, 0) is 41.5 Å². The van der Waals surface area contributed by atoms with Gasteiger partial charge in [-0.2, -0.15) is 0 Å². The molecule has 0 radical (unpaired) electrons. The van der Waals surface area contributed by atoms with E-state index < -0.39 is 11.9 Å². The van der Waals surface area contributed by atoms with Crippen LogP contribution in [0.2, 0.25) is 0 Å². The molecule has 0 saturated heterocycles. The van der Waals surface area contributed by atoms with Crippen molar-refractivity contribution >= 4 is 55.6 Å². The lowest BCUT2D eigenvalue weighted by Gasteiger charge is -2.09. The molecule has 0 unspecified atom stereocenters. The summed E-state index contributed by atoms with van der Waals surface area (Å²) in [6.07, 6.45) is 0. The van der Waals surface area contributed by atoms with Crippen LogP contribution >= 0.6 is 0 Å². The fourth-order valence-corrected chi connectivity index (χ4v) is 4.96. The van der Waals surface area contributed by atoms with Gasteiger partial charge in [-0.3, -0.25) is 0 Å². The quantitative estimate of drug-likeness (QED) is 0.316. The van der Waals surface area contributed by atoms with Crippen molar-refractivity contribution in [2.24, 2.45) is 0 Å². The molecule has 2 aromatic heterocycles. The van der Waals surface area contributed by atoms with Gasteiger partial charge in [0, 0.05) is 38.1 Å². The number of carbonyl (C=O) groups is 2. The number of rotatable bonds is 3. The summed E-state index contributed by atoms with van der Waals surface area (Å²) in [4.78, 5) is 32.4. The first-order valence-electron chi connectivity index (χ1n) is 10.9. The normalized spacial score (nSPS) is 11.5. The van der Waals surface area contributed by atoms with E-state index >= 15 is 0 Å². The van der Waals surface area contributed by atoms with Crippen LogP contribution in [-0.2, 0) is 9.47 Å². The predicted molar refractivity (Wildman–Crippen MR) is 133 cm³/mol. The van der Waals surface area contributed by atoms with Crippen LogP contribution in [0.15, 0.2) is 72.8 Å². The molecule has 6 rings (SSSR count). The van der Waals surface area contributed by atoms with Crippen molar-refractivity contribution in [3.63, 3.8) is 0 Å². The van der Waals surface area contributed by atoms with E-state index in [1.54, 1.807) is 12.1 Å². The largest absolute Gasteiger partial charge is 0.465 e. The van der Waals surface area contributed by atoms with Crippen LogP contribution in [0.5, 0.6) is 0 Å². The van der Waals surface area contributed by atoms with Crippen LogP contribution in [0.25, 0.3) is 54.7 Å². The van der Waals surface area contributed by atoms with E-state index in [0.29, 0.717) is 11.1 Å². The Bertz CT molecular complexity index is 1760. The van der Waals surface area contributed by atoms with Gasteiger partial charge in [-0.25, -0.2) is 9.59 Å². The molecule has 0 aliphatic heterocycles. The van der Waals surface area contributed by atoms with Gasteiger partial charge in [0.2, 0.25) is 0 Å². The molecule has 0 atom stereocenters. The maximum atomic E-state index is 12.7. The second kappa shape index (κ2) is 7.49. The summed E-state index contributed by atoms with van der Waals surface area (Å²) in [5, 5.41) is 3.34. The lowest BCUT2D eigenvalue weighted by atomic mass is 9.94. The SMILES string of the molecule is COC(=O)c1cccc2[nH]c3c(c(-c4ccccc4)cc4[nH]c5cccc(C(=O)OC)c5c43)c12. The maximum Gasteiger partial charge on any atom is 0.338 e. The second-order valence-electron chi connectivity index (χ2n) is 8.15. The third kappa shape index (κ3) is 2.75. The molecule has 0 amide bonds. The van der Waals surface area contributed by atoms with Crippen molar-refractivity contribution in [3.05, 3.63) is 83.9 Å². The molecule has 34 heavy (non-hydrogen) atoms. The highest BCUT2D eigenvalue weighted by Gasteiger charge is 2.23. The standard InChI is InChI=1S/C28H20N2O4/c1-33-27(31)16-10-7-13-20-22(16)24-18(15-8-4-3-5-9-15)14-21-25(26(24)30-20)23-17(28(32)34-2)11-6-12-19(23)29-21/h3-14,29-30H,1-2H3. The molecule has 6 heteroatoms. The number of fused-ring (bicyclic) bond motifs is 7. The third-order valence-electron chi connectivity index (χ3n) is 6.38. The molecular weight excluding hydrogens is 428 g/mol. The van der Waals surface area contributed by atoms with E-state index in [4.69, 9.17) is 9.47 Å². The topological polar surface area (TPSA) is 84.2 Å². The van der Waals surface area contributed by atoms with Crippen LogP contribution in [-0.4, -0.2) is 36.1 Å².